The summed E-state index contributed by atoms with van der Waals surface area (Å²) in [4.78, 5) is 14.8. The lowest BCUT2D eigenvalue weighted by Gasteiger charge is -2.42. The number of nitrogens with zero attached hydrogens (tertiary/aromatic N) is 2. The van der Waals surface area contributed by atoms with E-state index in [0.29, 0.717) is 43.0 Å². The van der Waals surface area contributed by atoms with Crippen LogP contribution in [0.4, 0.5) is 4.39 Å². The molecule has 0 atom stereocenters. The molecule has 8 nitrogen and oxygen atoms in total. The number of ether oxygens (including phenoxy) is 3. The third-order valence-corrected chi connectivity index (χ3v) is 8.24. The van der Waals surface area contributed by atoms with Crippen LogP contribution in [0.2, 0.25) is 0 Å². The predicted molar refractivity (Wildman–Crippen MR) is 118 cm³/mol. The number of benzene rings is 2. The van der Waals surface area contributed by atoms with Crippen LogP contribution in [-0.4, -0.2) is 69.7 Å². The van der Waals surface area contributed by atoms with Crippen molar-refractivity contribution in [2.24, 2.45) is 0 Å². The molecule has 2 aliphatic rings. The van der Waals surface area contributed by atoms with Gasteiger partial charge in [0.25, 0.3) is 5.91 Å². The summed E-state index contributed by atoms with van der Waals surface area (Å²) in [5.74, 6) is 0.362. The number of aryl methyl sites for hydroxylation is 1. The van der Waals surface area contributed by atoms with Crippen LogP contribution < -0.4 is 9.47 Å². The minimum Gasteiger partial charge on any atom is -0.493 e. The normalized spacial score (nSPS) is 18.5. The molecular weight excluding hydrogens is 451 g/mol. The van der Waals surface area contributed by atoms with Crippen molar-refractivity contribution in [2.75, 3.05) is 40.5 Å². The summed E-state index contributed by atoms with van der Waals surface area (Å²) in [5, 5.41) is 0. The van der Waals surface area contributed by atoms with Gasteiger partial charge < -0.3 is 19.1 Å². The molecule has 0 aromatic heterocycles. The monoisotopic (exact) mass is 478 g/mol. The molecule has 0 aliphatic carbocycles. The molecule has 2 aliphatic heterocycles. The van der Waals surface area contributed by atoms with E-state index in [9.17, 15) is 17.6 Å². The van der Waals surface area contributed by atoms with Gasteiger partial charge in [0.05, 0.1) is 25.7 Å². The third-order valence-electron chi connectivity index (χ3n) is 6.30. The fraction of sp³-hybridized carbons (Fsp3) is 0.435. The Morgan fingerprint density at radius 2 is 1.73 bits per heavy atom. The molecule has 0 bridgehead atoms. The van der Waals surface area contributed by atoms with Crippen LogP contribution in [0.3, 0.4) is 0 Å². The number of sulfonamides is 1. The molecule has 2 fully saturated rings. The van der Waals surface area contributed by atoms with Crippen LogP contribution in [0.15, 0.2) is 41.3 Å². The Bertz CT molecular complexity index is 1160. The standard InChI is InChI=1S/C23H27FN2O6S/c1-16-14-18(5-6-19(16)24)33(28,29)26-12-13-32-23(26)8-10-25(11-9-23)22(27)17-4-7-20(30-2)21(15-17)31-3/h4-7,14-15H,8-13H2,1-3H3. The van der Waals surface area contributed by atoms with Crippen LogP contribution in [0.5, 0.6) is 11.5 Å². The van der Waals surface area contributed by atoms with Gasteiger partial charge in [-0.25, -0.2) is 12.8 Å². The SMILES string of the molecule is COc1ccc(C(=O)N2CCC3(CC2)OCCN3S(=O)(=O)c2ccc(F)c(C)c2)cc1OC. The van der Waals surface area contributed by atoms with Gasteiger partial charge in [-0.2, -0.15) is 4.31 Å². The molecule has 2 saturated heterocycles. The van der Waals surface area contributed by atoms with Crippen molar-refractivity contribution in [3.8, 4) is 11.5 Å². The molecule has 4 rings (SSSR count). The molecule has 0 N–H and O–H groups in total. The molecule has 0 radical (unpaired) electrons. The average Bonchev–Trinajstić information content (AvgIpc) is 3.24. The number of carbonyl (C=O) groups is 1. The van der Waals surface area contributed by atoms with E-state index in [4.69, 9.17) is 14.2 Å². The molecule has 2 aromatic rings. The Hall–Kier alpha value is -2.69. The van der Waals surface area contributed by atoms with E-state index in [-0.39, 0.29) is 29.5 Å². The highest BCUT2D eigenvalue weighted by molar-refractivity contribution is 7.89. The summed E-state index contributed by atoms with van der Waals surface area (Å²) in [6.45, 7) is 2.68. The molecular formula is C23H27FN2O6S. The van der Waals surface area contributed by atoms with Gasteiger partial charge >= 0.3 is 0 Å². The van der Waals surface area contributed by atoms with Gasteiger partial charge in [-0.3, -0.25) is 4.79 Å². The summed E-state index contributed by atoms with van der Waals surface area (Å²) >= 11 is 0. The van der Waals surface area contributed by atoms with Crippen LogP contribution in [0, 0.1) is 12.7 Å². The summed E-state index contributed by atoms with van der Waals surface area (Å²) in [5.41, 5.74) is -0.294. The number of hydrogen-bond donors (Lipinski definition) is 0. The number of halogens is 1. The Balaban J connectivity index is 1.52. The van der Waals surface area contributed by atoms with Crippen molar-refractivity contribution in [2.45, 2.75) is 30.4 Å². The van der Waals surface area contributed by atoms with E-state index in [1.54, 1.807) is 23.1 Å². The summed E-state index contributed by atoms with van der Waals surface area (Å²) < 4.78 is 58.2. The highest BCUT2D eigenvalue weighted by atomic mass is 32.2. The van der Waals surface area contributed by atoms with E-state index in [0.717, 1.165) is 6.07 Å². The number of amides is 1. The molecule has 33 heavy (non-hydrogen) atoms. The third kappa shape index (κ3) is 4.18. The quantitative estimate of drug-likeness (QED) is 0.657. The first-order chi connectivity index (χ1) is 15.7. The minimum absolute atomic E-state index is 0.0371. The number of piperidine rings is 1. The summed E-state index contributed by atoms with van der Waals surface area (Å²) in [6, 6.07) is 8.76. The lowest BCUT2D eigenvalue weighted by atomic mass is 10.00. The van der Waals surface area contributed by atoms with Gasteiger partial charge in [-0.05, 0) is 48.9 Å². The van der Waals surface area contributed by atoms with Gasteiger partial charge in [0.15, 0.2) is 11.5 Å². The second-order valence-corrected chi connectivity index (χ2v) is 10.0. The van der Waals surface area contributed by atoms with Gasteiger partial charge in [-0.15, -0.1) is 0 Å². The summed E-state index contributed by atoms with van der Waals surface area (Å²) in [7, 11) is -0.853. The zero-order chi connectivity index (χ0) is 23.8. The molecule has 1 spiro atoms. The number of rotatable bonds is 5. The first-order valence-electron chi connectivity index (χ1n) is 10.7. The molecule has 2 heterocycles. The van der Waals surface area contributed by atoms with E-state index < -0.39 is 21.6 Å². The van der Waals surface area contributed by atoms with Crippen molar-refractivity contribution in [1.29, 1.82) is 0 Å². The van der Waals surface area contributed by atoms with Crippen LogP contribution in [0.25, 0.3) is 0 Å². The van der Waals surface area contributed by atoms with Crippen LogP contribution in [-0.2, 0) is 14.8 Å². The molecule has 2 aromatic carbocycles. The van der Waals surface area contributed by atoms with E-state index in [2.05, 4.69) is 0 Å². The zero-order valence-electron chi connectivity index (χ0n) is 18.8. The second kappa shape index (κ2) is 8.92. The molecule has 0 unspecified atom stereocenters. The molecule has 0 saturated carbocycles. The largest absolute Gasteiger partial charge is 0.493 e. The molecule has 1 amide bonds. The average molecular weight is 479 g/mol. The van der Waals surface area contributed by atoms with E-state index >= 15 is 0 Å². The zero-order valence-corrected chi connectivity index (χ0v) is 19.7. The number of hydrogen-bond acceptors (Lipinski definition) is 6. The van der Waals surface area contributed by atoms with Gasteiger partial charge in [-0.1, -0.05) is 0 Å². The number of likely N-dealkylation sites (tertiary alicyclic amines) is 1. The minimum atomic E-state index is -3.88. The second-order valence-electron chi connectivity index (χ2n) is 8.14. The first-order valence-corrected chi connectivity index (χ1v) is 12.1. The van der Waals surface area contributed by atoms with Gasteiger partial charge in [0.2, 0.25) is 10.0 Å². The van der Waals surface area contributed by atoms with Crippen molar-refractivity contribution in [3.63, 3.8) is 0 Å². The maximum Gasteiger partial charge on any atom is 0.253 e. The topological polar surface area (TPSA) is 85.4 Å². The lowest BCUT2D eigenvalue weighted by molar-refractivity contribution is -0.0857. The van der Waals surface area contributed by atoms with Gasteiger partial charge in [0.1, 0.15) is 11.5 Å². The van der Waals surface area contributed by atoms with E-state index in [1.807, 2.05) is 0 Å². The lowest BCUT2D eigenvalue weighted by Crippen LogP contribution is -2.55. The van der Waals surface area contributed by atoms with Gasteiger partial charge in [0, 0.05) is 38.0 Å². The maximum atomic E-state index is 13.7. The molecule has 10 heteroatoms. The van der Waals surface area contributed by atoms with E-state index in [1.165, 1.54) is 37.6 Å². The fourth-order valence-electron chi connectivity index (χ4n) is 4.44. The fourth-order valence-corrected chi connectivity index (χ4v) is 6.25. The Kier molecular flexibility index (Phi) is 6.35. The summed E-state index contributed by atoms with van der Waals surface area (Å²) in [6.07, 6.45) is 0.677. The number of carbonyl (C=O) groups excluding carboxylic acids is 1. The van der Waals surface area contributed by atoms with Crippen molar-refractivity contribution < 1.29 is 31.8 Å². The first kappa shape index (κ1) is 23.5. The van der Waals surface area contributed by atoms with Crippen molar-refractivity contribution in [3.05, 3.63) is 53.3 Å². The van der Waals surface area contributed by atoms with Crippen molar-refractivity contribution >= 4 is 15.9 Å². The maximum absolute atomic E-state index is 13.7. The number of methoxy groups -OCH3 is 2. The highest BCUT2D eigenvalue weighted by Gasteiger charge is 2.51. The highest BCUT2D eigenvalue weighted by Crippen LogP contribution is 2.39. The Labute approximate surface area is 192 Å². The Morgan fingerprint density at radius 1 is 1.03 bits per heavy atom. The predicted octanol–water partition coefficient (Wildman–Crippen LogP) is 2.80. The molecule has 178 valence electrons. The van der Waals surface area contributed by atoms with Crippen molar-refractivity contribution in [1.82, 2.24) is 9.21 Å². The smallest absolute Gasteiger partial charge is 0.253 e. The Morgan fingerprint density at radius 3 is 2.36 bits per heavy atom. The van der Waals surface area contributed by atoms with Crippen LogP contribution in [0.1, 0.15) is 28.8 Å². The van der Waals surface area contributed by atoms with Crippen LogP contribution >= 0.6 is 0 Å².